The molecule has 0 N–H and O–H groups in total. The molecule has 25 heavy (non-hydrogen) atoms. The maximum Gasteiger partial charge on any atom is 0.471 e. The molecular weight excluding hydrogens is 337 g/mol. The van der Waals surface area contributed by atoms with Crippen LogP contribution in [0.5, 0.6) is 0 Å². The third-order valence-electron chi connectivity index (χ3n) is 4.70. The number of nitrogens with zero attached hydrogens (tertiary/aromatic N) is 2. The zero-order chi connectivity index (χ0) is 18.2. The van der Waals surface area contributed by atoms with Crippen LogP contribution in [0.1, 0.15) is 29.6 Å². The van der Waals surface area contributed by atoms with Crippen LogP contribution < -0.4 is 4.90 Å². The number of rotatable bonds is 1. The van der Waals surface area contributed by atoms with Gasteiger partial charge in [-0.1, -0.05) is 12.1 Å². The van der Waals surface area contributed by atoms with E-state index >= 15 is 0 Å². The fourth-order valence-corrected chi connectivity index (χ4v) is 3.37. The van der Waals surface area contributed by atoms with Crippen LogP contribution in [0.4, 0.5) is 18.9 Å². The largest absolute Gasteiger partial charge is 0.471 e. The second-order valence-corrected chi connectivity index (χ2v) is 6.24. The molecule has 1 saturated heterocycles. The standard InChI is InChI=1S/C17H17F3N2O3/c18-17(19,20)16(25)21-8-5-11(6-9-21)15(24)22-10-7-14(23)12-3-1-2-4-13(12)22/h1-4,11H,5-10H2. The molecule has 0 aromatic heterocycles. The Labute approximate surface area is 142 Å². The first-order valence-electron chi connectivity index (χ1n) is 8.08. The van der Waals surface area contributed by atoms with Gasteiger partial charge in [-0.3, -0.25) is 14.4 Å². The Kier molecular flexibility index (Phi) is 4.53. The van der Waals surface area contributed by atoms with Gasteiger partial charge in [0.25, 0.3) is 0 Å². The highest BCUT2D eigenvalue weighted by Crippen LogP contribution is 2.31. The van der Waals surface area contributed by atoms with Gasteiger partial charge >= 0.3 is 12.1 Å². The van der Waals surface area contributed by atoms with Crippen molar-refractivity contribution in [1.29, 1.82) is 0 Å². The van der Waals surface area contributed by atoms with Gasteiger partial charge in [0.05, 0.1) is 5.69 Å². The van der Waals surface area contributed by atoms with Gasteiger partial charge in [-0.15, -0.1) is 0 Å². The minimum atomic E-state index is -4.89. The predicted octanol–water partition coefficient (Wildman–Crippen LogP) is 2.41. The number of alkyl halides is 3. The molecule has 5 nitrogen and oxygen atoms in total. The molecule has 2 aliphatic rings. The number of para-hydroxylation sites is 1. The Morgan fingerprint density at radius 3 is 2.32 bits per heavy atom. The summed E-state index contributed by atoms with van der Waals surface area (Å²) >= 11 is 0. The van der Waals surface area contributed by atoms with Crippen LogP contribution in [0.3, 0.4) is 0 Å². The third kappa shape index (κ3) is 3.38. The lowest BCUT2D eigenvalue weighted by molar-refractivity contribution is -0.186. The van der Waals surface area contributed by atoms with Crippen molar-refractivity contribution in [3.63, 3.8) is 0 Å². The van der Waals surface area contributed by atoms with Gasteiger partial charge < -0.3 is 9.80 Å². The number of carbonyl (C=O) groups is 3. The van der Waals surface area contributed by atoms with Gasteiger partial charge in [-0.2, -0.15) is 13.2 Å². The van der Waals surface area contributed by atoms with E-state index < -0.39 is 18.0 Å². The second kappa shape index (κ2) is 6.50. The van der Waals surface area contributed by atoms with E-state index in [9.17, 15) is 27.6 Å². The molecule has 0 atom stereocenters. The molecule has 134 valence electrons. The fraction of sp³-hybridized carbons (Fsp3) is 0.471. The average molecular weight is 354 g/mol. The number of likely N-dealkylation sites (tertiary alicyclic amines) is 1. The Morgan fingerprint density at radius 2 is 1.68 bits per heavy atom. The number of fused-ring (bicyclic) bond motifs is 1. The summed E-state index contributed by atoms with van der Waals surface area (Å²) in [4.78, 5) is 38.3. The van der Waals surface area contributed by atoms with E-state index in [2.05, 4.69) is 0 Å². The summed E-state index contributed by atoms with van der Waals surface area (Å²) in [6.07, 6.45) is -4.28. The molecule has 2 heterocycles. The maximum absolute atomic E-state index is 12.8. The quantitative estimate of drug-likeness (QED) is 0.778. The molecule has 8 heteroatoms. The van der Waals surface area contributed by atoms with E-state index in [1.54, 1.807) is 29.2 Å². The highest BCUT2D eigenvalue weighted by Gasteiger charge is 2.44. The van der Waals surface area contributed by atoms with E-state index in [4.69, 9.17) is 0 Å². The monoisotopic (exact) mass is 354 g/mol. The summed E-state index contributed by atoms with van der Waals surface area (Å²) in [5, 5.41) is 0. The molecular formula is C17H17F3N2O3. The van der Waals surface area contributed by atoms with E-state index in [0.717, 1.165) is 4.90 Å². The molecule has 0 aliphatic carbocycles. The van der Waals surface area contributed by atoms with Crippen molar-refractivity contribution in [2.45, 2.75) is 25.4 Å². The lowest BCUT2D eigenvalue weighted by Crippen LogP contribution is -2.49. The van der Waals surface area contributed by atoms with Gasteiger partial charge in [0.1, 0.15) is 0 Å². The third-order valence-corrected chi connectivity index (χ3v) is 4.70. The SMILES string of the molecule is O=C1CCN(C(=O)C2CCN(C(=O)C(F)(F)F)CC2)c2ccccc21. The van der Waals surface area contributed by atoms with Crippen LogP contribution in [0.2, 0.25) is 0 Å². The van der Waals surface area contributed by atoms with Crippen molar-refractivity contribution in [3.05, 3.63) is 29.8 Å². The number of Topliss-reactive ketones (excluding diaryl/α,β-unsaturated/α-hetero) is 1. The average Bonchev–Trinajstić information content (AvgIpc) is 2.60. The van der Waals surface area contributed by atoms with Gasteiger partial charge in [0, 0.05) is 37.5 Å². The van der Waals surface area contributed by atoms with Gasteiger partial charge in [-0.25, -0.2) is 0 Å². The minimum absolute atomic E-state index is 0.0229. The molecule has 1 fully saturated rings. The van der Waals surface area contributed by atoms with Crippen molar-refractivity contribution in [2.24, 2.45) is 5.92 Å². The molecule has 2 amide bonds. The first-order chi connectivity index (χ1) is 11.8. The van der Waals surface area contributed by atoms with E-state index in [1.807, 2.05) is 0 Å². The Morgan fingerprint density at radius 1 is 1.04 bits per heavy atom. The number of piperidine rings is 1. The molecule has 0 bridgehead atoms. The lowest BCUT2D eigenvalue weighted by Gasteiger charge is -2.36. The predicted molar refractivity (Wildman–Crippen MR) is 83.1 cm³/mol. The molecule has 0 radical (unpaired) electrons. The number of benzene rings is 1. The topological polar surface area (TPSA) is 57.7 Å². The van der Waals surface area contributed by atoms with E-state index in [-0.39, 0.29) is 50.6 Å². The summed E-state index contributed by atoms with van der Waals surface area (Å²) in [6.45, 7) is 0.0860. The highest BCUT2D eigenvalue weighted by atomic mass is 19.4. The van der Waals surface area contributed by atoms with Gasteiger partial charge in [0.2, 0.25) is 5.91 Å². The van der Waals surface area contributed by atoms with Crippen LogP contribution >= 0.6 is 0 Å². The minimum Gasteiger partial charge on any atom is -0.335 e. The lowest BCUT2D eigenvalue weighted by atomic mass is 9.92. The van der Waals surface area contributed by atoms with Crippen LogP contribution in [-0.4, -0.2) is 48.3 Å². The fourth-order valence-electron chi connectivity index (χ4n) is 3.37. The maximum atomic E-state index is 12.8. The number of ketones is 1. The first-order valence-corrected chi connectivity index (χ1v) is 8.08. The number of amides is 2. The normalized spacial score (nSPS) is 18.9. The smallest absolute Gasteiger partial charge is 0.335 e. The van der Waals surface area contributed by atoms with Crippen LogP contribution in [0.15, 0.2) is 24.3 Å². The molecule has 1 aromatic carbocycles. The van der Waals surface area contributed by atoms with Crippen molar-refractivity contribution in [3.8, 4) is 0 Å². The molecule has 2 aliphatic heterocycles. The van der Waals surface area contributed by atoms with Gasteiger partial charge in [0.15, 0.2) is 5.78 Å². The number of anilines is 1. The molecule has 1 aromatic rings. The summed E-state index contributed by atoms with van der Waals surface area (Å²) < 4.78 is 37.5. The van der Waals surface area contributed by atoms with Crippen LogP contribution in [0.25, 0.3) is 0 Å². The Bertz CT molecular complexity index is 709. The summed E-state index contributed by atoms with van der Waals surface area (Å²) in [5.41, 5.74) is 1.05. The number of hydrogen-bond acceptors (Lipinski definition) is 3. The van der Waals surface area contributed by atoms with E-state index in [1.165, 1.54) is 0 Å². The number of hydrogen-bond donors (Lipinski definition) is 0. The van der Waals surface area contributed by atoms with Crippen molar-refractivity contribution in [1.82, 2.24) is 4.90 Å². The number of carbonyl (C=O) groups excluding carboxylic acids is 3. The van der Waals surface area contributed by atoms with Crippen LogP contribution in [-0.2, 0) is 9.59 Å². The van der Waals surface area contributed by atoms with E-state index in [0.29, 0.717) is 11.3 Å². The molecule has 0 saturated carbocycles. The first kappa shape index (κ1) is 17.4. The van der Waals surface area contributed by atoms with Crippen molar-refractivity contribution < 1.29 is 27.6 Å². The van der Waals surface area contributed by atoms with Gasteiger partial charge in [-0.05, 0) is 25.0 Å². The zero-order valence-corrected chi connectivity index (χ0v) is 13.4. The molecule has 0 spiro atoms. The number of halogens is 3. The Balaban J connectivity index is 1.69. The molecule has 0 unspecified atom stereocenters. The highest BCUT2D eigenvalue weighted by molar-refractivity contribution is 6.09. The molecule has 3 rings (SSSR count). The summed E-state index contributed by atoms with van der Waals surface area (Å²) in [7, 11) is 0. The van der Waals surface area contributed by atoms with Crippen LogP contribution in [0, 0.1) is 5.92 Å². The zero-order valence-electron chi connectivity index (χ0n) is 13.4. The second-order valence-electron chi connectivity index (χ2n) is 6.24. The summed E-state index contributed by atoms with van der Waals surface area (Å²) in [6, 6.07) is 6.84. The van der Waals surface area contributed by atoms with Crippen molar-refractivity contribution >= 4 is 23.3 Å². The van der Waals surface area contributed by atoms with Crippen molar-refractivity contribution in [2.75, 3.05) is 24.5 Å². The summed E-state index contributed by atoms with van der Waals surface area (Å²) in [5.74, 6) is -2.52. The Hall–Kier alpha value is -2.38.